The van der Waals surface area contributed by atoms with Gasteiger partial charge in [-0.3, -0.25) is 4.99 Å². The van der Waals surface area contributed by atoms with Crippen molar-refractivity contribution in [3.63, 3.8) is 0 Å². The number of halogens is 1. The summed E-state index contributed by atoms with van der Waals surface area (Å²) < 4.78 is 5.88. The zero-order valence-electron chi connectivity index (χ0n) is 15.3. The van der Waals surface area contributed by atoms with Crippen molar-refractivity contribution in [2.24, 2.45) is 16.3 Å². The van der Waals surface area contributed by atoms with Gasteiger partial charge in [0.2, 0.25) is 0 Å². The average Bonchev–Trinajstić information content (AvgIpc) is 3.04. The molecule has 6 heteroatoms. The molecule has 3 atom stereocenters. The molecule has 3 unspecified atom stereocenters. The van der Waals surface area contributed by atoms with Crippen molar-refractivity contribution in [1.29, 1.82) is 0 Å². The monoisotopic (exact) mass is 475 g/mol. The van der Waals surface area contributed by atoms with Crippen molar-refractivity contribution in [1.82, 2.24) is 10.6 Å². The molecule has 1 aromatic rings. The van der Waals surface area contributed by atoms with Crippen LogP contribution in [-0.4, -0.2) is 43.6 Å². The molecule has 0 radical (unpaired) electrons. The molecule has 3 rings (SSSR count). The lowest BCUT2D eigenvalue weighted by molar-refractivity contribution is -0.106. The molecule has 1 saturated heterocycles. The van der Waals surface area contributed by atoms with Crippen LogP contribution >= 0.6 is 35.7 Å². The van der Waals surface area contributed by atoms with Crippen LogP contribution in [0.1, 0.15) is 27.2 Å². The molecule has 1 aliphatic heterocycles. The van der Waals surface area contributed by atoms with E-state index in [2.05, 4.69) is 61.7 Å². The van der Waals surface area contributed by atoms with Crippen LogP contribution in [-0.2, 0) is 4.74 Å². The second kappa shape index (κ2) is 9.46. The molecule has 140 valence electrons. The second-order valence-corrected chi connectivity index (χ2v) is 8.28. The quantitative estimate of drug-likeness (QED) is 0.216. The van der Waals surface area contributed by atoms with Gasteiger partial charge in [0.05, 0.1) is 12.6 Å². The minimum Gasteiger partial charge on any atom is -0.377 e. The van der Waals surface area contributed by atoms with Gasteiger partial charge < -0.3 is 15.4 Å². The third-order valence-corrected chi connectivity index (χ3v) is 6.10. The van der Waals surface area contributed by atoms with E-state index in [4.69, 9.17) is 9.73 Å². The maximum Gasteiger partial charge on any atom is 0.191 e. The summed E-state index contributed by atoms with van der Waals surface area (Å²) in [5.74, 6) is 2.56. The number of rotatable bonds is 6. The Morgan fingerprint density at radius 2 is 2.08 bits per heavy atom. The summed E-state index contributed by atoms with van der Waals surface area (Å²) in [5.41, 5.74) is 0.177. The predicted molar refractivity (Wildman–Crippen MR) is 117 cm³/mol. The van der Waals surface area contributed by atoms with Crippen LogP contribution in [0.25, 0.3) is 0 Å². The number of benzene rings is 1. The first-order chi connectivity index (χ1) is 11.6. The highest BCUT2D eigenvalue weighted by atomic mass is 127. The fraction of sp³-hybridized carbons (Fsp3) is 0.632. The number of aliphatic imine (C=N–C) groups is 1. The van der Waals surface area contributed by atoms with E-state index >= 15 is 0 Å². The smallest absolute Gasteiger partial charge is 0.191 e. The van der Waals surface area contributed by atoms with E-state index in [9.17, 15) is 0 Å². The van der Waals surface area contributed by atoms with Gasteiger partial charge in [-0.15, -0.1) is 35.7 Å². The molecule has 25 heavy (non-hydrogen) atoms. The summed E-state index contributed by atoms with van der Waals surface area (Å²) >= 11 is 1.85. The lowest BCUT2D eigenvalue weighted by Crippen LogP contribution is -2.68. The molecule has 0 amide bonds. The van der Waals surface area contributed by atoms with Crippen molar-refractivity contribution >= 4 is 41.7 Å². The van der Waals surface area contributed by atoms with Crippen molar-refractivity contribution in [2.75, 3.05) is 25.4 Å². The average molecular weight is 475 g/mol. The summed E-state index contributed by atoms with van der Waals surface area (Å²) in [7, 11) is 0. The number of guanidine groups is 1. The Balaban J connectivity index is 0.00000225. The van der Waals surface area contributed by atoms with Crippen molar-refractivity contribution in [3.05, 3.63) is 30.3 Å². The predicted octanol–water partition coefficient (Wildman–Crippen LogP) is 3.77. The first-order valence-electron chi connectivity index (χ1n) is 8.97. The SMILES string of the molecule is CCNC(=NCCSc1ccccc1)NC1C2CCOC2C1(C)C.I. The van der Waals surface area contributed by atoms with Gasteiger partial charge in [-0.25, -0.2) is 0 Å². The van der Waals surface area contributed by atoms with E-state index in [1.165, 1.54) is 4.90 Å². The lowest BCUT2D eigenvalue weighted by Gasteiger charge is -2.54. The normalized spacial score (nSPS) is 27.0. The molecule has 2 N–H and O–H groups in total. The van der Waals surface area contributed by atoms with Crippen LogP contribution in [0.5, 0.6) is 0 Å². The summed E-state index contributed by atoms with van der Waals surface area (Å²) in [6.45, 7) is 9.31. The molecule has 1 heterocycles. The molecular weight excluding hydrogens is 445 g/mol. The molecule has 4 nitrogen and oxygen atoms in total. The van der Waals surface area contributed by atoms with Crippen LogP contribution in [0.4, 0.5) is 0 Å². The van der Waals surface area contributed by atoms with Gasteiger partial charge in [0, 0.05) is 41.2 Å². The Hall–Kier alpha value is -0.470. The number of hydrogen-bond donors (Lipinski definition) is 2. The van der Waals surface area contributed by atoms with Crippen LogP contribution in [0.15, 0.2) is 40.2 Å². The zero-order valence-corrected chi connectivity index (χ0v) is 18.5. The number of ether oxygens (including phenoxy) is 1. The largest absolute Gasteiger partial charge is 0.377 e. The number of nitrogens with zero attached hydrogens (tertiary/aromatic N) is 1. The maximum atomic E-state index is 5.88. The van der Waals surface area contributed by atoms with Gasteiger partial charge in [-0.1, -0.05) is 32.0 Å². The molecular formula is C19H30IN3OS. The summed E-state index contributed by atoms with van der Waals surface area (Å²) in [4.78, 5) is 6.07. The molecule has 1 saturated carbocycles. The Labute approximate surface area is 173 Å². The molecule has 1 aromatic carbocycles. The first kappa shape index (κ1) is 20.8. The van der Waals surface area contributed by atoms with E-state index in [-0.39, 0.29) is 29.4 Å². The number of hydrogen-bond acceptors (Lipinski definition) is 3. The van der Waals surface area contributed by atoms with Gasteiger partial charge in [0.15, 0.2) is 5.96 Å². The topological polar surface area (TPSA) is 45.7 Å². The fourth-order valence-electron chi connectivity index (χ4n) is 3.92. The Morgan fingerprint density at radius 3 is 2.80 bits per heavy atom. The molecule has 0 bridgehead atoms. The van der Waals surface area contributed by atoms with E-state index < -0.39 is 0 Å². The van der Waals surface area contributed by atoms with E-state index in [1.807, 2.05) is 11.8 Å². The molecule has 0 aromatic heterocycles. The van der Waals surface area contributed by atoms with Gasteiger partial charge in [0.25, 0.3) is 0 Å². The third kappa shape index (κ3) is 4.83. The highest BCUT2D eigenvalue weighted by Crippen LogP contribution is 2.52. The lowest BCUT2D eigenvalue weighted by atomic mass is 9.57. The summed E-state index contributed by atoms with van der Waals surface area (Å²) in [5, 5.41) is 7.05. The minimum absolute atomic E-state index is 0. The molecule has 1 aliphatic carbocycles. The second-order valence-electron chi connectivity index (χ2n) is 7.11. The van der Waals surface area contributed by atoms with Gasteiger partial charge in [-0.05, 0) is 25.5 Å². The molecule has 0 spiro atoms. The Morgan fingerprint density at radius 1 is 1.32 bits per heavy atom. The number of nitrogens with one attached hydrogen (secondary N) is 2. The number of fused-ring (bicyclic) bond motifs is 1. The van der Waals surface area contributed by atoms with E-state index in [0.29, 0.717) is 18.1 Å². The van der Waals surface area contributed by atoms with Crippen LogP contribution in [0.2, 0.25) is 0 Å². The van der Waals surface area contributed by atoms with Crippen LogP contribution in [0, 0.1) is 11.3 Å². The Kier molecular flexibility index (Phi) is 7.89. The van der Waals surface area contributed by atoms with Crippen molar-refractivity contribution in [2.45, 2.75) is 44.2 Å². The highest BCUT2D eigenvalue weighted by Gasteiger charge is 2.59. The molecule has 2 fully saturated rings. The summed E-state index contributed by atoms with van der Waals surface area (Å²) in [6, 6.07) is 11.0. The van der Waals surface area contributed by atoms with Crippen molar-refractivity contribution in [3.8, 4) is 0 Å². The third-order valence-electron chi connectivity index (χ3n) is 5.11. The van der Waals surface area contributed by atoms with Crippen LogP contribution < -0.4 is 10.6 Å². The van der Waals surface area contributed by atoms with Gasteiger partial charge >= 0.3 is 0 Å². The highest BCUT2D eigenvalue weighted by molar-refractivity contribution is 14.0. The standard InChI is InChI=1S/C19H29N3OS.HI/c1-4-20-18(21-11-13-24-14-8-6-5-7-9-14)22-16-15-10-12-23-17(15)19(16,2)3;/h5-9,15-17H,4,10-13H2,1-3H3,(H2,20,21,22);1H. The summed E-state index contributed by atoms with van der Waals surface area (Å²) in [6.07, 6.45) is 1.57. The fourth-order valence-corrected chi connectivity index (χ4v) is 4.69. The number of thioether (sulfide) groups is 1. The van der Waals surface area contributed by atoms with Gasteiger partial charge in [0.1, 0.15) is 0 Å². The zero-order chi connectivity index (χ0) is 17.0. The van der Waals surface area contributed by atoms with Gasteiger partial charge in [-0.2, -0.15) is 0 Å². The Bertz CT molecular complexity index is 567. The van der Waals surface area contributed by atoms with E-state index in [0.717, 1.165) is 37.8 Å². The van der Waals surface area contributed by atoms with Crippen LogP contribution in [0.3, 0.4) is 0 Å². The molecule has 2 aliphatic rings. The maximum absolute atomic E-state index is 5.88. The first-order valence-corrected chi connectivity index (χ1v) is 9.95. The van der Waals surface area contributed by atoms with E-state index in [1.54, 1.807) is 0 Å². The van der Waals surface area contributed by atoms with Crippen molar-refractivity contribution < 1.29 is 4.74 Å². The minimum atomic E-state index is 0.